The summed E-state index contributed by atoms with van der Waals surface area (Å²) in [7, 11) is 0. The van der Waals surface area contributed by atoms with E-state index < -0.39 is 0 Å². The number of aromatic amines is 1. The van der Waals surface area contributed by atoms with Crippen LogP contribution in [-0.4, -0.2) is 15.2 Å². The summed E-state index contributed by atoms with van der Waals surface area (Å²) in [6, 6.07) is 4.16. The van der Waals surface area contributed by atoms with Gasteiger partial charge in [-0.3, -0.25) is 10.1 Å². The average molecular weight is 187 g/mol. The van der Waals surface area contributed by atoms with E-state index in [2.05, 4.69) is 35.1 Å². The maximum Gasteiger partial charge on any atom is 0.0736 e. The number of rotatable bonds is 2. The number of pyridine rings is 1. The number of H-pyrrole nitrogens is 1. The van der Waals surface area contributed by atoms with Crippen LogP contribution in [0.4, 0.5) is 0 Å². The Labute approximate surface area is 83.2 Å². The van der Waals surface area contributed by atoms with E-state index >= 15 is 0 Å². The first-order valence-electron chi connectivity index (χ1n) is 4.72. The molecule has 0 amide bonds. The fraction of sp³-hybridized carbons (Fsp3) is 0.273. The smallest absolute Gasteiger partial charge is 0.0736 e. The molecule has 2 heterocycles. The van der Waals surface area contributed by atoms with Gasteiger partial charge in [0.25, 0.3) is 0 Å². The average Bonchev–Trinajstić information content (AvgIpc) is 2.71. The van der Waals surface area contributed by atoms with E-state index in [-0.39, 0.29) is 0 Å². The van der Waals surface area contributed by atoms with Crippen LogP contribution in [0.15, 0.2) is 30.7 Å². The molecule has 72 valence electrons. The van der Waals surface area contributed by atoms with Crippen LogP contribution in [0.25, 0.3) is 11.3 Å². The first kappa shape index (κ1) is 8.94. The molecule has 3 heteroatoms. The monoisotopic (exact) mass is 187 g/mol. The Morgan fingerprint density at radius 1 is 1.36 bits per heavy atom. The molecule has 0 atom stereocenters. The molecule has 0 radical (unpaired) electrons. The van der Waals surface area contributed by atoms with Crippen molar-refractivity contribution in [3.05, 3.63) is 36.3 Å². The van der Waals surface area contributed by atoms with Crippen molar-refractivity contribution in [1.29, 1.82) is 0 Å². The third kappa shape index (κ3) is 1.66. The van der Waals surface area contributed by atoms with Gasteiger partial charge in [-0.15, -0.1) is 0 Å². The number of nitrogens with one attached hydrogen (secondary N) is 1. The Kier molecular flexibility index (Phi) is 2.31. The van der Waals surface area contributed by atoms with Gasteiger partial charge in [-0.1, -0.05) is 13.8 Å². The molecule has 0 aromatic carbocycles. The number of hydrogen-bond donors (Lipinski definition) is 1. The van der Waals surface area contributed by atoms with Gasteiger partial charge in [0.2, 0.25) is 0 Å². The summed E-state index contributed by atoms with van der Waals surface area (Å²) in [5.41, 5.74) is 3.31. The summed E-state index contributed by atoms with van der Waals surface area (Å²) in [6.45, 7) is 4.35. The molecule has 0 aliphatic heterocycles. The first-order valence-corrected chi connectivity index (χ1v) is 4.72. The molecule has 0 saturated carbocycles. The van der Waals surface area contributed by atoms with Crippen molar-refractivity contribution in [3.63, 3.8) is 0 Å². The Morgan fingerprint density at radius 3 is 2.86 bits per heavy atom. The van der Waals surface area contributed by atoms with E-state index in [1.54, 1.807) is 6.20 Å². The van der Waals surface area contributed by atoms with Crippen molar-refractivity contribution in [2.75, 3.05) is 0 Å². The van der Waals surface area contributed by atoms with Gasteiger partial charge in [0, 0.05) is 18.0 Å². The largest absolute Gasteiger partial charge is 0.285 e. The zero-order valence-corrected chi connectivity index (χ0v) is 8.36. The Bertz CT molecular complexity index is 404. The van der Waals surface area contributed by atoms with E-state index in [1.165, 1.54) is 5.56 Å². The fourth-order valence-electron chi connectivity index (χ4n) is 1.35. The second-order valence-electron chi connectivity index (χ2n) is 3.62. The van der Waals surface area contributed by atoms with E-state index in [0.717, 1.165) is 11.3 Å². The summed E-state index contributed by atoms with van der Waals surface area (Å²) in [5, 5.41) is 6.69. The number of nitrogens with zero attached hydrogens (tertiary/aromatic N) is 2. The minimum absolute atomic E-state index is 0.531. The third-order valence-electron chi connectivity index (χ3n) is 2.24. The predicted octanol–water partition coefficient (Wildman–Crippen LogP) is 2.60. The molecule has 3 nitrogen and oxygen atoms in total. The van der Waals surface area contributed by atoms with Crippen LogP contribution in [0.2, 0.25) is 0 Å². The molecule has 0 bridgehead atoms. The maximum atomic E-state index is 4.30. The highest BCUT2D eigenvalue weighted by atomic mass is 15.1. The van der Waals surface area contributed by atoms with Gasteiger partial charge < -0.3 is 0 Å². The van der Waals surface area contributed by atoms with Gasteiger partial charge >= 0.3 is 0 Å². The van der Waals surface area contributed by atoms with E-state index in [4.69, 9.17) is 0 Å². The molecule has 14 heavy (non-hydrogen) atoms. The zero-order chi connectivity index (χ0) is 9.97. The Morgan fingerprint density at radius 2 is 2.21 bits per heavy atom. The molecule has 0 aliphatic carbocycles. The van der Waals surface area contributed by atoms with Crippen molar-refractivity contribution >= 4 is 0 Å². The van der Waals surface area contributed by atoms with E-state index in [0.29, 0.717) is 5.92 Å². The molecular formula is C11H13N3. The molecule has 0 spiro atoms. The van der Waals surface area contributed by atoms with Crippen LogP contribution >= 0.6 is 0 Å². The highest BCUT2D eigenvalue weighted by molar-refractivity contribution is 5.57. The molecule has 2 rings (SSSR count). The van der Waals surface area contributed by atoms with Gasteiger partial charge in [0.05, 0.1) is 11.9 Å². The lowest BCUT2D eigenvalue weighted by molar-refractivity contribution is 0.864. The van der Waals surface area contributed by atoms with Gasteiger partial charge in [-0.25, -0.2) is 0 Å². The van der Waals surface area contributed by atoms with Crippen molar-refractivity contribution in [2.45, 2.75) is 19.8 Å². The normalized spacial score (nSPS) is 10.8. The van der Waals surface area contributed by atoms with Gasteiger partial charge in [0.1, 0.15) is 0 Å². The number of hydrogen-bond acceptors (Lipinski definition) is 2. The summed E-state index contributed by atoms with van der Waals surface area (Å²) < 4.78 is 0. The minimum atomic E-state index is 0.531. The molecule has 0 saturated heterocycles. The van der Waals surface area contributed by atoms with Gasteiger partial charge in [-0.05, 0) is 23.6 Å². The summed E-state index contributed by atoms with van der Waals surface area (Å²) in [6.07, 6.45) is 5.48. The van der Waals surface area contributed by atoms with Crippen LogP contribution in [-0.2, 0) is 0 Å². The first-order chi connectivity index (χ1) is 6.77. The Balaban J connectivity index is 2.41. The molecule has 0 aliphatic rings. The summed E-state index contributed by atoms with van der Waals surface area (Å²) in [4.78, 5) is 4.30. The summed E-state index contributed by atoms with van der Waals surface area (Å²) >= 11 is 0. The predicted molar refractivity (Wildman–Crippen MR) is 55.9 cm³/mol. The van der Waals surface area contributed by atoms with Crippen molar-refractivity contribution in [1.82, 2.24) is 15.2 Å². The number of aromatic nitrogens is 3. The zero-order valence-electron chi connectivity index (χ0n) is 8.36. The Hall–Kier alpha value is -1.64. The maximum absolute atomic E-state index is 4.30. The van der Waals surface area contributed by atoms with Crippen molar-refractivity contribution < 1.29 is 0 Å². The van der Waals surface area contributed by atoms with Crippen LogP contribution in [0, 0.1) is 0 Å². The van der Waals surface area contributed by atoms with E-state index in [9.17, 15) is 0 Å². The molecule has 2 aromatic heterocycles. The lowest BCUT2D eigenvalue weighted by Crippen LogP contribution is -1.89. The van der Waals surface area contributed by atoms with Crippen LogP contribution in [0.3, 0.4) is 0 Å². The van der Waals surface area contributed by atoms with Gasteiger partial charge in [0.15, 0.2) is 0 Å². The molecule has 0 unspecified atom stereocenters. The van der Waals surface area contributed by atoms with Crippen molar-refractivity contribution in [3.8, 4) is 11.3 Å². The van der Waals surface area contributed by atoms with Crippen LogP contribution in [0.5, 0.6) is 0 Å². The second-order valence-corrected chi connectivity index (χ2v) is 3.62. The third-order valence-corrected chi connectivity index (χ3v) is 2.24. The minimum Gasteiger partial charge on any atom is -0.285 e. The molecule has 2 aromatic rings. The lowest BCUT2D eigenvalue weighted by atomic mass is 10.0. The second kappa shape index (κ2) is 3.62. The van der Waals surface area contributed by atoms with E-state index in [1.807, 2.05) is 18.5 Å². The summed E-state index contributed by atoms with van der Waals surface area (Å²) in [5.74, 6) is 0.531. The molecular weight excluding hydrogens is 174 g/mol. The highest BCUT2D eigenvalue weighted by Gasteiger charge is 2.03. The topological polar surface area (TPSA) is 41.6 Å². The van der Waals surface area contributed by atoms with Crippen LogP contribution < -0.4 is 0 Å². The fourth-order valence-corrected chi connectivity index (χ4v) is 1.35. The van der Waals surface area contributed by atoms with Crippen LogP contribution in [0.1, 0.15) is 25.3 Å². The SMILES string of the molecule is CC(C)c1ccnc(-c2cn[nH]c2)c1. The van der Waals surface area contributed by atoms with Crippen molar-refractivity contribution in [2.24, 2.45) is 0 Å². The highest BCUT2D eigenvalue weighted by Crippen LogP contribution is 2.20. The van der Waals surface area contributed by atoms with Gasteiger partial charge in [-0.2, -0.15) is 5.10 Å². The standard InChI is InChI=1S/C11H13N3/c1-8(2)9-3-4-12-11(5-9)10-6-13-14-7-10/h3-8H,1-2H3,(H,13,14). The lowest BCUT2D eigenvalue weighted by Gasteiger charge is -2.05. The molecule has 0 fully saturated rings. The molecule has 1 N–H and O–H groups in total. The quantitative estimate of drug-likeness (QED) is 0.785.